The Morgan fingerprint density at radius 2 is 1.79 bits per heavy atom. The van der Waals surface area contributed by atoms with Crippen LogP contribution in [0.4, 0.5) is 5.00 Å². The predicted octanol–water partition coefficient (Wildman–Crippen LogP) is 5.39. The zero-order valence-electron chi connectivity index (χ0n) is 16.2. The van der Waals surface area contributed by atoms with Gasteiger partial charge in [0.2, 0.25) is 5.91 Å². The first-order valence-corrected chi connectivity index (χ1v) is 10.1. The van der Waals surface area contributed by atoms with Crippen LogP contribution in [0, 0.1) is 13.8 Å². The van der Waals surface area contributed by atoms with Crippen LogP contribution in [0.1, 0.15) is 34.0 Å². The molecule has 0 fully saturated rings. The summed E-state index contributed by atoms with van der Waals surface area (Å²) in [6, 6.07) is 15.6. The molecular weight excluding hydrogens is 370 g/mol. The third-order valence-corrected chi connectivity index (χ3v) is 5.30. The summed E-state index contributed by atoms with van der Waals surface area (Å²) in [7, 11) is 0. The van der Waals surface area contributed by atoms with E-state index in [1.54, 1.807) is 6.92 Å². The molecule has 1 aromatic heterocycles. The van der Waals surface area contributed by atoms with E-state index in [9.17, 15) is 9.59 Å². The number of carbonyl (C=O) groups is 2. The summed E-state index contributed by atoms with van der Waals surface area (Å²) in [5, 5.41) is 5.33. The van der Waals surface area contributed by atoms with Gasteiger partial charge in [0, 0.05) is 10.9 Å². The van der Waals surface area contributed by atoms with E-state index in [0.29, 0.717) is 10.6 Å². The lowest BCUT2D eigenvalue weighted by Gasteiger charge is -2.11. The zero-order chi connectivity index (χ0) is 20.1. The van der Waals surface area contributed by atoms with Gasteiger partial charge in [-0.15, -0.1) is 11.3 Å². The second-order valence-corrected chi connectivity index (χ2v) is 7.48. The molecule has 0 aliphatic heterocycles. The van der Waals surface area contributed by atoms with Crippen molar-refractivity contribution in [2.75, 3.05) is 11.9 Å². The SMILES string of the molecule is CCOC(=O)c1c(-c2ccc(C)cc2C)csc1NC(=O)Cc1ccccc1. The molecule has 0 aliphatic rings. The smallest absolute Gasteiger partial charge is 0.341 e. The summed E-state index contributed by atoms with van der Waals surface area (Å²) in [6.45, 7) is 6.10. The molecule has 0 unspecified atom stereocenters. The molecule has 5 heteroatoms. The van der Waals surface area contributed by atoms with Crippen molar-refractivity contribution in [1.82, 2.24) is 0 Å². The van der Waals surface area contributed by atoms with Crippen molar-refractivity contribution in [2.24, 2.45) is 0 Å². The number of amides is 1. The van der Waals surface area contributed by atoms with E-state index in [2.05, 4.69) is 11.4 Å². The molecule has 2 aromatic carbocycles. The lowest BCUT2D eigenvalue weighted by molar-refractivity contribution is -0.115. The van der Waals surface area contributed by atoms with Gasteiger partial charge in [0.05, 0.1) is 13.0 Å². The number of ether oxygens (including phenoxy) is 1. The Morgan fingerprint density at radius 1 is 1.04 bits per heavy atom. The first-order chi connectivity index (χ1) is 13.5. The Kier molecular flexibility index (Phi) is 6.26. The van der Waals surface area contributed by atoms with E-state index in [1.807, 2.05) is 61.7 Å². The van der Waals surface area contributed by atoms with Gasteiger partial charge in [0.1, 0.15) is 10.6 Å². The number of hydrogen-bond donors (Lipinski definition) is 1. The Morgan fingerprint density at radius 3 is 2.46 bits per heavy atom. The van der Waals surface area contributed by atoms with E-state index in [-0.39, 0.29) is 18.9 Å². The van der Waals surface area contributed by atoms with E-state index in [1.165, 1.54) is 11.3 Å². The minimum atomic E-state index is -0.422. The van der Waals surface area contributed by atoms with Crippen molar-refractivity contribution in [3.05, 3.63) is 76.2 Å². The first-order valence-electron chi connectivity index (χ1n) is 9.19. The Bertz CT molecular complexity index is 992. The fourth-order valence-electron chi connectivity index (χ4n) is 3.12. The van der Waals surface area contributed by atoms with Gasteiger partial charge in [-0.1, -0.05) is 54.1 Å². The van der Waals surface area contributed by atoms with Crippen LogP contribution in [-0.2, 0) is 16.0 Å². The summed E-state index contributed by atoms with van der Waals surface area (Å²) >= 11 is 1.34. The summed E-state index contributed by atoms with van der Waals surface area (Å²) in [4.78, 5) is 25.2. The Labute approximate surface area is 169 Å². The van der Waals surface area contributed by atoms with Gasteiger partial charge in [-0.3, -0.25) is 4.79 Å². The molecule has 0 aliphatic carbocycles. The van der Waals surface area contributed by atoms with Crippen molar-refractivity contribution in [2.45, 2.75) is 27.2 Å². The Hall–Kier alpha value is -2.92. The number of thiophene rings is 1. The van der Waals surface area contributed by atoms with Gasteiger partial charge >= 0.3 is 5.97 Å². The molecule has 1 amide bonds. The zero-order valence-corrected chi connectivity index (χ0v) is 17.1. The molecule has 28 heavy (non-hydrogen) atoms. The fourth-order valence-corrected chi connectivity index (χ4v) is 4.09. The molecule has 144 valence electrons. The molecule has 0 spiro atoms. The molecular formula is C23H23NO3S. The standard InChI is InChI=1S/C23H23NO3S/c1-4-27-23(26)21-19(18-11-10-15(2)12-16(18)3)14-28-22(21)24-20(25)13-17-8-6-5-7-9-17/h5-12,14H,4,13H2,1-3H3,(H,24,25). The topological polar surface area (TPSA) is 55.4 Å². The van der Waals surface area contributed by atoms with Crippen LogP contribution in [0.5, 0.6) is 0 Å². The maximum Gasteiger partial charge on any atom is 0.341 e. The molecule has 4 nitrogen and oxygen atoms in total. The van der Waals surface area contributed by atoms with Gasteiger partial charge in [0.15, 0.2) is 0 Å². The highest BCUT2D eigenvalue weighted by Crippen LogP contribution is 2.38. The maximum atomic E-state index is 12.7. The predicted molar refractivity (Wildman–Crippen MR) is 114 cm³/mol. The molecule has 1 N–H and O–H groups in total. The summed E-state index contributed by atoms with van der Waals surface area (Å²) in [5.74, 6) is -0.584. The van der Waals surface area contributed by atoms with Crippen molar-refractivity contribution < 1.29 is 14.3 Å². The second-order valence-electron chi connectivity index (χ2n) is 6.60. The van der Waals surface area contributed by atoms with Crippen molar-refractivity contribution in [3.63, 3.8) is 0 Å². The van der Waals surface area contributed by atoms with Crippen LogP contribution in [0.25, 0.3) is 11.1 Å². The van der Waals surface area contributed by atoms with Gasteiger partial charge in [0.25, 0.3) is 0 Å². The number of rotatable bonds is 6. The molecule has 0 atom stereocenters. The quantitative estimate of drug-likeness (QED) is 0.571. The van der Waals surface area contributed by atoms with Crippen LogP contribution in [-0.4, -0.2) is 18.5 Å². The van der Waals surface area contributed by atoms with Gasteiger partial charge in [-0.05, 0) is 37.5 Å². The first kappa shape index (κ1) is 19.8. The van der Waals surface area contributed by atoms with Gasteiger partial charge in [-0.2, -0.15) is 0 Å². The van der Waals surface area contributed by atoms with E-state index in [4.69, 9.17) is 4.74 Å². The third kappa shape index (κ3) is 4.49. The molecule has 0 bridgehead atoms. The highest BCUT2D eigenvalue weighted by atomic mass is 32.1. The van der Waals surface area contributed by atoms with E-state index in [0.717, 1.165) is 27.8 Å². The van der Waals surface area contributed by atoms with Crippen LogP contribution in [0.2, 0.25) is 0 Å². The minimum absolute atomic E-state index is 0.161. The molecule has 0 saturated carbocycles. The average molecular weight is 394 g/mol. The Balaban J connectivity index is 1.94. The molecule has 3 aromatic rings. The summed E-state index contributed by atoms with van der Waals surface area (Å²) < 4.78 is 5.27. The molecule has 1 heterocycles. The monoisotopic (exact) mass is 393 g/mol. The highest BCUT2D eigenvalue weighted by molar-refractivity contribution is 7.15. The number of anilines is 1. The normalized spacial score (nSPS) is 10.5. The van der Waals surface area contributed by atoms with E-state index < -0.39 is 5.97 Å². The lowest BCUT2D eigenvalue weighted by atomic mass is 9.97. The number of esters is 1. The number of carbonyl (C=O) groups excluding carboxylic acids is 2. The molecule has 0 radical (unpaired) electrons. The summed E-state index contributed by atoms with van der Waals surface area (Å²) in [6.07, 6.45) is 0.250. The van der Waals surface area contributed by atoms with Crippen LogP contribution >= 0.6 is 11.3 Å². The van der Waals surface area contributed by atoms with Crippen LogP contribution in [0.3, 0.4) is 0 Å². The number of hydrogen-bond acceptors (Lipinski definition) is 4. The number of aryl methyl sites for hydroxylation is 2. The molecule has 3 rings (SSSR count). The summed E-state index contributed by atoms with van der Waals surface area (Å²) in [5.41, 5.74) is 5.32. The number of nitrogens with one attached hydrogen (secondary N) is 1. The van der Waals surface area contributed by atoms with Crippen LogP contribution < -0.4 is 5.32 Å². The van der Waals surface area contributed by atoms with Crippen molar-refractivity contribution in [3.8, 4) is 11.1 Å². The molecule has 0 saturated heterocycles. The second kappa shape index (κ2) is 8.85. The number of benzene rings is 2. The minimum Gasteiger partial charge on any atom is -0.462 e. The largest absolute Gasteiger partial charge is 0.462 e. The van der Waals surface area contributed by atoms with Crippen LogP contribution in [0.15, 0.2) is 53.9 Å². The van der Waals surface area contributed by atoms with Gasteiger partial charge in [-0.25, -0.2) is 4.79 Å². The van der Waals surface area contributed by atoms with Gasteiger partial charge < -0.3 is 10.1 Å². The maximum absolute atomic E-state index is 12.7. The highest BCUT2D eigenvalue weighted by Gasteiger charge is 2.23. The van der Waals surface area contributed by atoms with Crippen molar-refractivity contribution in [1.29, 1.82) is 0 Å². The van der Waals surface area contributed by atoms with Crippen molar-refractivity contribution >= 4 is 28.2 Å². The van der Waals surface area contributed by atoms with E-state index >= 15 is 0 Å². The lowest BCUT2D eigenvalue weighted by Crippen LogP contribution is -2.16. The fraction of sp³-hybridized carbons (Fsp3) is 0.217. The third-order valence-electron chi connectivity index (χ3n) is 4.40. The average Bonchev–Trinajstić information content (AvgIpc) is 3.06.